The van der Waals surface area contributed by atoms with Crippen molar-refractivity contribution >= 4 is 10.0 Å². The fraction of sp³-hybridized carbons (Fsp3) is 0.600. The molecule has 0 saturated heterocycles. The maximum absolute atomic E-state index is 12.1. The van der Waals surface area contributed by atoms with Crippen LogP contribution in [0.2, 0.25) is 0 Å². The Morgan fingerprint density at radius 1 is 1.29 bits per heavy atom. The van der Waals surface area contributed by atoms with Crippen LogP contribution in [0.3, 0.4) is 0 Å². The third-order valence-electron chi connectivity index (χ3n) is 3.18. The van der Waals surface area contributed by atoms with Crippen molar-refractivity contribution in [2.24, 2.45) is 5.92 Å². The predicted molar refractivity (Wildman–Crippen MR) is 82.6 cm³/mol. The number of aliphatic hydroxyl groups is 1. The van der Waals surface area contributed by atoms with Crippen LogP contribution in [0.1, 0.15) is 31.4 Å². The Morgan fingerprint density at radius 3 is 2.62 bits per heavy atom. The molecular formula is C15H25NO4S. The Labute approximate surface area is 127 Å². The van der Waals surface area contributed by atoms with Gasteiger partial charge in [0.2, 0.25) is 10.0 Å². The second-order valence-corrected chi connectivity index (χ2v) is 7.21. The molecule has 0 amide bonds. The monoisotopic (exact) mass is 315 g/mol. The standard InChI is InChI=1S/C15H25NO4S/c1-12(2)6-8-20-9-7-16-21(18,19)15-5-4-13(3)14(10-15)11-17/h4-5,10,12,16-17H,6-9,11H2,1-3H3. The van der Waals surface area contributed by atoms with Gasteiger partial charge in [0.15, 0.2) is 0 Å². The van der Waals surface area contributed by atoms with E-state index in [9.17, 15) is 13.5 Å². The van der Waals surface area contributed by atoms with Crippen molar-refractivity contribution in [3.63, 3.8) is 0 Å². The smallest absolute Gasteiger partial charge is 0.240 e. The van der Waals surface area contributed by atoms with Crippen molar-refractivity contribution in [1.29, 1.82) is 0 Å². The molecule has 120 valence electrons. The third kappa shape index (κ3) is 6.13. The first-order valence-corrected chi connectivity index (χ1v) is 8.63. The molecule has 21 heavy (non-hydrogen) atoms. The first-order valence-electron chi connectivity index (χ1n) is 7.14. The molecule has 1 rings (SSSR count). The van der Waals surface area contributed by atoms with E-state index in [1.807, 2.05) is 6.92 Å². The summed E-state index contributed by atoms with van der Waals surface area (Å²) in [5, 5.41) is 9.19. The van der Waals surface area contributed by atoms with E-state index in [0.29, 0.717) is 24.7 Å². The predicted octanol–water partition coefficient (Wildman–Crippen LogP) is 1.83. The molecule has 0 aliphatic carbocycles. The summed E-state index contributed by atoms with van der Waals surface area (Å²) in [5.41, 5.74) is 1.49. The summed E-state index contributed by atoms with van der Waals surface area (Å²) in [4.78, 5) is 0.166. The molecule has 0 aromatic heterocycles. The Bertz CT molecular complexity index is 541. The zero-order chi connectivity index (χ0) is 15.9. The number of aliphatic hydroxyl groups excluding tert-OH is 1. The number of ether oxygens (including phenoxy) is 1. The van der Waals surface area contributed by atoms with Crippen molar-refractivity contribution in [3.8, 4) is 0 Å². The number of benzene rings is 1. The molecule has 0 saturated carbocycles. The first-order chi connectivity index (χ1) is 9.86. The molecule has 0 fully saturated rings. The van der Waals surface area contributed by atoms with Crippen LogP contribution in [0.5, 0.6) is 0 Å². The highest BCUT2D eigenvalue weighted by atomic mass is 32.2. The van der Waals surface area contributed by atoms with Gasteiger partial charge in [0.1, 0.15) is 0 Å². The molecule has 5 nitrogen and oxygen atoms in total. The molecular weight excluding hydrogens is 290 g/mol. The molecule has 0 heterocycles. The van der Waals surface area contributed by atoms with Gasteiger partial charge in [-0.2, -0.15) is 0 Å². The van der Waals surface area contributed by atoms with Crippen LogP contribution < -0.4 is 4.72 Å². The van der Waals surface area contributed by atoms with Crippen LogP contribution >= 0.6 is 0 Å². The summed E-state index contributed by atoms with van der Waals surface area (Å²) < 4.78 is 32.1. The van der Waals surface area contributed by atoms with Gasteiger partial charge in [0.05, 0.1) is 18.1 Å². The lowest BCUT2D eigenvalue weighted by atomic mass is 10.1. The minimum Gasteiger partial charge on any atom is -0.392 e. The second-order valence-electron chi connectivity index (χ2n) is 5.44. The zero-order valence-corrected chi connectivity index (χ0v) is 13.7. The quantitative estimate of drug-likeness (QED) is 0.682. The van der Waals surface area contributed by atoms with E-state index in [0.717, 1.165) is 12.0 Å². The maximum atomic E-state index is 12.1. The van der Waals surface area contributed by atoms with Crippen molar-refractivity contribution in [2.45, 2.75) is 38.7 Å². The summed E-state index contributed by atoms with van der Waals surface area (Å²) in [6, 6.07) is 4.73. The SMILES string of the molecule is Cc1ccc(S(=O)(=O)NCCOCCC(C)C)cc1CO. The van der Waals surface area contributed by atoms with Gasteiger partial charge in [-0.05, 0) is 42.5 Å². The molecule has 0 aliphatic heterocycles. The number of rotatable bonds is 9. The summed E-state index contributed by atoms with van der Waals surface area (Å²) >= 11 is 0. The Kier molecular flexibility index (Phi) is 7.31. The largest absolute Gasteiger partial charge is 0.392 e. The second kappa shape index (κ2) is 8.48. The van der Waals surface area contributed by atoms with E-state index in [4.69, 9.17) is 4.74 Å². The lowest BCUT2D eigenvalue weighted by molar-refractivity contribution is 0.128. The highest BCUT2D eigenvalue weighted by Crippen LogP contribution is 2.15. The molecule has 1 aromatic rings. The van der Waals surface area contributed by atoms with E-state index < -0.39 is 10.0 Å². The highest BCUT2D eigenvalue weighted by Gasteiger charge is 2.14. The minimum atomic E-state index is -3.55. The molecule has 0 radical (unpaired) electrons. The molecule has 0 aliphatic rings. The molecule has 6 heteroatoms. The van der Waals surface area contributed by atoms with Crippen LogP contribution in [0.4, 0.5) is 0 Å². The molecule has 2 N–H and O–H groups in total. The summed E-state index contributed by atoms with van der Waals surface area (Å²) in [7, 11) is -3.55. The lowest BCUT2D eigenvalue weighted by Crippen LogP contribution is -2.27. The lowest BCUT2D eigenvalue weighted by Gasteiger charge is -2.10. The summed E-state index contributed by atoms with van der Waals surface area (Å²) in [6.07, 6.45) is 0.963. The molecule has 0 unspecified atom stereocenters. The molecule has 0 atom stereocenters. The van der Waals surface area contributed by atoms with E-state index in [1.54, 1.807) is 6.07 Å². The topological polar surface area (TPSA) is 75.6 Å². The average molecular weight is 315 g/mol. The number of sulfonamides is 1. The van der Waals surface area contributed by atoms with Crippen molar-refractivity contribution in [3.05, 3.63) is 29.3 Å². The first kappa shape index (κ1) is 18.1. The van der Waals surface area contributed by atoms with Gasteiger partial charge in [-0.3, -0.25) is 0 Å². The fourth-order valence-corrected chi connectivity index (χ4v) is 2.80. The third-order valence-corrected chi connectivity index (χ3v) is 4.64. The van der Waals surface area contributed by atoms with E-state index in [2.05, 4.69) is 18.6 Å². The number of aryl methyl sites for hydroxylation is 1. The van der Waals surface area contributed by atoms with Crippen LogP contribution in [0, 0.1) is 12.8 Å². The fourth-order valence-electron chi connectivity index (χ4n) is 1.74. The van der Waals surface area contributed by atoms with Crippen molar-refractivity contribution in [1.82, 2.24) is 4.72 Å². The van der Waals surface area contributed by atoms with Gasteiger partial charge in [-0.1, -0.05) is 19.9 Å². The van der Waals surface area contributed by atoms with Gasteiger partial charge < -0.3 is 9.84 Å². The summed E-state index contributed by atoms with van der Waals surface area (Å²) in [5.74, 6) is 0.575. The van der Waals surface area contributed by atoms with Gasteiger partial charge in [0, 0.05) is 13.2 Å². The normalized spacial score (nSPS) is 12.0. The van der Waals surface area contributed by atoms with Gasteiger partial charge in [0.25, 0.3) is 0 Å². The van der Waals surface area contributed by atoms with Crippen molar-refractivity contribution in [2.75, 3.05) is 19.8 Å². The Hall–Kier alpha value is -0.950. The zero-order valence-electron chi connectivity index (χ0n) is 12.9. The Morgan fingerprint density at radius 2 is 2.00 bits per heavy atom. The average Bonchev–Trinajstić information content (AvgIpc) is 2.42. The maximum Gasteiger partial charge on any atom is 0.240 e. The number of nitrogens with one attached hydrogen (secondary N) is 1. The van der Waals surface area contributed by atoms with E-state index in [1.165, 1.54) is 12.1 Å². The summed E-state index contributed by atoms with van der Waals surface area (Å²) in [6.45, 7) is 7.11. The number of hydrogen-bond acceptors (Lipinski definition) is 4. The van der Waals surface area contributed by atoms with Crippen LogP contribution in [0.15, 0.2) is 23.1 Å². The minimum absolute atomic E-state index is 0.166. The molecule has 0 spiro atoms. The van der Waals surface area contributed by atoms with Gasteiger partial charge in [-0.15, -0.1) is 0 Å². The van der Waals surface area contributed by atoms with Crippen LogP contribution in [-0.4, -0.2) is 33.3 Å². The van der Waals surface area contributed by atoms with Crippen LogP contribution in [0.25, 0.3) is 0 Å². The van der Waals surface area contributed by atoms with Gasteiger partial charge >= 0.3 is 0 Å². The van der Waals surface area contributed by atoms with Crippen LogP contribution in [-0.2, 0) is 21.4 Å². The Balaban J connectivity index is 2.50. The van der Waals surface area contributed by atoms with E-state index >= 15 is 0 Å². The molecule has 1 aromatic carbocycles. The molecule has 0 bridgehead atoms. The highest BCUT2D eigenvalue weighted by molar-refractivity contribution is 7.89. The van der Waals surface area contributed by atoms with Gasteiger partial charge in [-0.25, -0.2) is 13.1 Å². The number of hydrogen-bond donors (Lipinski definition) is 2. The van der Waals surface area contributed by atoms with Crippen molar-refractivity contribution < 1.29 is 18.3 Å². The van der Waals surface area contributed by atoms with E-state index in [-0.39, 0.29) is 18.0 Å².